The van der Waals surface area contributed by atoms with E-state index >= 15 is 0 Å². The Bertz CT molecular complexity index is 754. The minimum absolute atomic E-state index is 0.00888. The van der Waals surface area contributed by atoms with Gasteiger partial charge in [-0.05, 0) is 43.9 Å². The van der Waals surface area contributed by atoms with Crippen molar-refractivity contribution >= 4 is 17.6 Å². The van der Waals surface area contributed by atoms with Crippen molar-refractivity contribution in [2.45, 2.75) is 39.2 Å². The summed E-state index contributed by atoms with van der Waals surface area (Å²) in [6.07, 6.45) is 2.32. The molecule has 3 aliphatic heterocycles. The second kappa shape index (κ2) is 8.61. The lowest BCUT2D eigenvalue weighted by Crippen LogP contribution is -2.53. The van der Waals surface area contributed by atoms with Crippen molar-refractivity contribution in [3.63, 3.8) is 0 Å². The summed E-state index contributed by atoms with van der Waals surface area (Å²) in [5.74, 6) is 1.01. The number of fused-ring (bicyclic) bond motifs is 1. The van der Waals surface area contributed by atoms with Gasteiger partial charge < -0.3 is 19.3 Å². The van der Waals surface area contributed by atoms with Crippen molar-refractivity contribution in [1.82, 2.24) is 9.80 Å². The number of rotatable bonds is 2. The van der Waals surface area contributed by atoms with E-state index in [9.17, 15) is 9.59 Å². The maximum absolute atomic E-state index is 13.4. The van der Waals surface area contributed by atoms with Gasteiger partial charge in [0.15, 0.2) is 0 Å². The number of ether oxygens (including phenoxy) is 2. The Labute approximate surface area is 172 Å². The Morgan fingerprint density at radius 1 is 1.07 bits per heavy atom. The lowest BCUT2D eigenvalue weighted by atomic mass is 9.95. The number of likely N-dealkylation sites (tertiary alicyclic amines) is 1. The molecule has 4 rings (SSSR count). The first kappa shape index (κ1) is 20.0. The normalized spacial score (nSPS) is 22.8. The van der Waals surface area contributed by atoms with E-state index in [1.54, 1.807) is 0 Å². The number of urea groups is 1. The topological polar surface area (TPSA) is 62.3 Å². The number of aryl methyl sites for hydroxylation is 1. The van der Waals surface area contributed by atoms with Gasteiger partial charge >= 0.3 is 6.03 Å². The third-order valence-electron chi connectivity index (χ3n) is 6.21. The predicted molar refractivity (Wildman–Crippen MR) is 110 cm³/mol. The number of carbonyl (C=O) groups excluding carboxylic acids is 2. The van der Waals surface area contributed by atoms with Crippen LogP contribution in [-0.2, 0) is 9.53 Å². The van der Waals surface area contributed by atoms with Crippen molar-refractivity contribution in [2.75, 3.05) is 50.8 Å². The molecule has 0 spiro atoms. The molecule has 0 saturated carbocycles. The quantitative estimate of drug-likeness (QED) is 0.764. The first-order chi connectivity index (χ1) is 14.1. The smallest absolute Gasteiger partial charge is 0.324 e. The number of nitrogens with zero attached hydrogens (tertiary/aromatic N) is 3. The van der Waals surface area contributed by atoms with E-state index in [1.807, 2.05) is 39.8 Å². The van der Waals surface area contributed by atoms with Gasteiger partial charge in [0, 0.05) is 32.1 Å². The summed E-state index contributed by atoms with van der Waals surface area (Å²) in [5, 5.41) is 0. The van der Waals surface area contributed by atoms with Gasteiger partial charge in [0.25, 0.3) is 0 Å². The van der Waals surface area contributed by atoms with Gasteiger partial charge in [0.2, 0.25) is 5.91 Å². The maximum atomic E-state index is 13.4. The second-order valence-corrected chi connectivity index (χ2v) is 8.21. The van der Waals surface area contributed by atoms with Crippen LogP contribution in [-0.4, -0.2) is 73.8 Å². The first-order valence-electron chi connectivity index (χ1n) is 10.8. The van der Waals surface area contributed by atoms with Gasteiger partial charge in [0.05, 0.1) is 25.4 Å². The fraction of sp³-hybridized carbons (Fsp3) is 0.636. The SMILES string of the molecule is CC[C@@H]1CN(C(=O)N2CCC(C(=O)N3CCOCC3)CC2)c2cc(C)ccc2O1. The highest BCUT2D eigenvalue weighted by Crippen LogP contribution is 2.36. The zero-order chi connectivity index (χ0) is 20.4. The monoisotopic (exact) mass is 401 g/mol. The summed E-state index contributed by atoms with van der Waals surface area (Å²) in [7, 11) is 0. The van der Waals surface area contributed by atoms with E-state index in [2.05, 4.69) is 6.92 Å². The van der Waals surface area contributed by atoms with Crippen LogP contribution in [0.5, 0.6) is 5.75 Å². The van der Waals surface area contributed by atoms with Crippen LogP contribution in [0.4, 0.5) is 10.5 Å². The standard InChI is InChI=1S/C22H31N3O4/c1-3-18-15-25(19-14-16(2)4-5-20(19)29-18)22(27)24-8-6-17(7-9-24)21(26)23-10-12-28-13-11-23/h4-5,14,17-18H,3,6-13,15H2,1-2H3/t18-/m1/s1. The van der Waals surface area contributed by atoms with Crippen molar-refractivity contribution in [3.8, 4) is 5.75 Å². The molecule has 0 radical (unpaired) electrons. The second-order valence-electron chi connectivity index (χ2n) is 8.21. The number of hydrogen-bond acceptors (Lipinski definition) is 4. The van der Waals surface area contributed by atoms with Gasteiger partial charge in [-0.3, -0.25) is 9.69 Å². The summed E-state index contributed by atoms with van der Waals surface area (Å²) < 4.78 is 11.4. The van der Waals surface area contributed by atoms with Crippen LogP contribution in [0.2, 0.25) is 0 Å². The van der Waals surface area contributed by atoms with E-state index in [-0.39, 0.29) is 24.0 Å². The fourth-order valence-electron chi connectivity index (χ4n) is 4.38. The molecule has 158 valence electrons. The number of hydrogen-bond donors (Lipinski definition) is 0. The Hall–Kier alpha value is -2.28. The predicted octanol–water partition coefficient (Wildman–Crippen LogP) is 2.66. The number of anilines is 1. The van der Waals surface area contributed by atoms with Crippen LogP contribution in [0, 0.1) is 12.8 Å². The lowest BCUT2D eigenvalue weighted by Gasteiger charge is -2.40. The molecule has 0 bridgehead atoms. The van der Waals surface area contributed by atoms with Gasteiger partial charge in [-0.25, -0.2) is 4.79 Å². The molecule has 3 amide bonds. The Morgan fingerprint density at radius 3 is 2.48 bits per heavy atom. The largest absolute Gasteiger partial charge is 0.486 e. The molecular weight excluding hydrogens is 370 g/mol. The van der Waals surface area contributed by atoms with E-state index < -0.39 is 0 Å². The van der Waals surface area contributed by atoms with Crippen LogP contribution in [0.25, 0.3) is 0 Å². The third kappa shape index (κ3) is 4.20. The number of amides is 3. The fourth-order valence-corrected chi connectivity index (χ4v) is 4.38. The van der Waals surface area contributed by atoms with Gasteiger partial charge in [-0.1, -0.05) is 13.0 Å². The van der Waals surface area contributed by atoms with Crippen LogP contribution in [0.3, 0.4) is 0 Å². The molecule has 1 aromatic carbocycles. The molecule has 29 heavy (non-hydrogen) atoms. The van der Waals surface area contributed by atoms with Gasteiger partial charge in [0.1, 0.15) is 11.9 Å². The van der Waals surface area contributed by atoms with Crippen LogP contribution in [0.1, 0.15) is 31.7 Å². The van der Waals surface area contributed by atoms with Crippen LogP contribution >= 0.6 is 0 Å². The Morgan fingerprint density at radius 2 is 1.79 bits per heavy atom. The van der Waals surface area contributed by atoms with E-state index in [1.165, 1.54) is 0 Å². The average molecular weight is 402 g/mol. The summed E-state index contributed by atoms with van der Waals surface area (Å²) in [6, 6.07) is 6.02. The van der Waals surface area contributed by atoms with Crippen molar-refractivity contribution in [2.24, 2.45) is 5.92 Å². The molecule has 3 aliphatic rings. The summed E-state index contributed by atoms with van der Waals surface area (Å²) in [6.45, 7) is 8.52. The molecular formula is C22H31N3O4. The lowest BCUT2D eigenvalue weighted by molar-refractivity contribution is -0.141. The molecule has 1 atom stereocenters. The number of carbonyl (C=O) groups is 2. The molecule has 0 aromatic heterocycles. The van der Waals surface area contributed by atoms with E-state index in [4.69, 9.17) is 9.47 Å². The molecule has 1 aromatic rings. The van der Waals surface area contributed by atoms with Crippen LogP contribution in [0.15, 0.2) is 18.2 Å². The Balaban J connectivity index is 1.42. The highest BCUT2D eigenvalue weighted by atomic mass is 16.5. The van der Waals surface area contributed by atoms with E-state index in [0.717, 1.165) is 36.3 Å². The average Bonchev–Trinajstić information content (AvgIpc) is 2.78. The number of morpholine rings is 1. The maximum Gasteiger partial charge on any atom is 0.324 e. The molecule has 2 fully saturated rings. The minimum atomic E-state index is 0.00888. The zero-order valence-electron chi connectivity index (χ0n) is 17.4. The molecule has 0 N–H and O–H groups in total. The highest BCUT2D eigenvalue weighted by Gasteiger charge is 2.35. The number of benzene rings is 1. The molecule has 7 nitrogen and oxygen atoms in total. The summed E-state index contributed by atoms with van der Waals surface area (Å²) >= 11 is 0. The molecule has 0 aliphatic carbocycles. The third-order valence-corrected chi connectivity index (χ3v) is 6.21. The number of piperidine rings is 1. The van der Waals surface area contributed by atoms with Crippen LogP contribution < -0.4 is 9.64 Å². The van der Waals surface area contributed by atoms with Crippen molar-refractivity contribution < 1.29 is 19.1 Å². The first-order valence-corrected chi connectivity index (χ1v) is 10.8. The molecule has 3 heterocycles. The molecule has 7 heteroatoms. The highest BCUT2D eigenvalue weighted by molar-refractivity contribution is 5.94. The molecule has 0 unspecified atom stereocenters. The summed E-state index contributed by atoms with van der Waals surface area (Å²) in [4.78, 5) is 31.8. The van der Waals surface area contributed by atoms with Gasteiger partial charge in [-0.2, -0.15) is 0 Å². The van der Waals surface area contributed by atoms with Crippen molar-refractivity contribution in [1.29, 1.82) is 0 Å². The minimum Gasteiger partial charge on any atom is -0.486 e. The zero-order valence-corrected chi connectivity index (χ0v) is 17.4. The van der Waals surface area contributed by atoms with Gasteiger partial charge in [-0.15, -0.1) is 0 Å². The Kier molecular flexibility index (Phi) is 5.94. The molecule has 2 saturated heterocycles. The van der Waals surface area contributed by atoms with Crippen molar-refractivity contribution in [3.05, 3.63) is 23.8 Å². The van der Waals surface area contributed by atoms with E-state index in [0.29, 0.717) is 45.9 Å². The summed E-state index contributed by atoms with van der Waals surface area (Å²) in [5.41, 5.74) is 1.96.